The maximum absolute atomic E-state index is 15.1. The molecule has 2 aromatic heterocycles. The Bertz CT molecular complexity index is 1200. The van der Waals surface area contributed by atoms with Crippen LogP contribution < -0.4 is 10.5 Å². The van der Waals surface area contributed by atoms with Gasteiger partial charge >= 0.3 is 0 Å². The maximum atomic E-state index is 15.1. The monoisotopic (exact) mass is 436 g/mol. The Morgan fingerprint density at radius 1 is 1.28 bits per heavy atom. The van der Waals surface area contributed by atoms with E-state index in [1.54, 1.807) is 42.5 Å². The van der Waals surface area contributed by atoms with Crippen LogP contribution in [0, 0.1) is 11.7 Å². The van der Waals surface area contributed by atoms with Gasteiger partial charge in [0.2, 0.25) is 11.8 Å². The predicted molar refractivity (Wildman–Crippen MR) is 113 cm³/mol. The van der Waals surface area contributed by atoms with Crippen LogP contribution in [0.15, 0.2) is 60.0 Å². The Morgan fingerprint density at radius 3 is 2.97 bits per heavy atom. The highest BCUT2D eigenvalue weighted by Gasteiger charge is 2.52. The van der Waals surface area contributed by atoms with Crippen molar-refractivity contribution in [2.45, 2.75) is 12.0 Å². The van der Waals surface area contributed by atoms with Crippen LogP contribution in [-0.4, -0.2) is 51.8 Å². The highest BCUT2D eigenvalue weighted by Crippen LogP contribution is 2.44. The SMILES string of the molecule is CN1C(=O)C2CCOCC2(c2cc(Oc3cc(-n4cccn4)ccn3)ccc2F)N=C1N. The van der Waals surface area contributed by atoms with Gasteiger partial charge in [-0.2, -0.15) is 5.10 Å². The molecule has 5 rings (SSSR count). The van der Waals surface area contributed by atoms with Crippen LogP contribution >= 0.6 is 0 Å². The first-order valence-corrected chi connectivity index (χ1v) is 10.1. The summed E-state index contributed by atoms with van der Waals surface area (Å²) in [6.45, 7) is 0.439. The van der Waals surface area contributed by atoms with E-state index in [0.29, 0.717) is 24.7 Å². The number of hydrogen-bond donors (Lipinski definition) is 1. The van der Waals surface area contributed by atoms with Crippen LogP contribution in [-0.2, 0) is 15.1 Å². The number of benzene rings is 1. The average molecular weight is 436 g/mol. The number of fused-ring (bicyclic) bond motifs is 1. The van der Waals surface area contributed by atoms with Gasteiger partial charge in [-0.1, -0.05) is 0 Å². The summed E-state index contributed by atoms with van der Waals surface area (Å²) in [7, 11) is 1.56. The van der Waals surface area contributed by atoms with Gasteiger partial charge in [-0.05, 0) is 36.8 Å². The minimum atomic E-state index is -1.25. The number of aliphatic imine (C=N–C) groups is 1. The zero-order chi connectivity index (χ0) is 22.3. The van der Waals surface area contributed by atoms with Crippen LogP contribution in [0.3, 0.4) is 0 Å². The van der Waals surface area contributed by atoms with Crippen molar-refractivity contribution in [2.75, 3.05) is 20.3 Å². The summed E-state index contributed by atoms with van der Waals surface area (Å²) in [5.74, 6) is -0.618. The minimum Gasteiger partial charge on any atom is -0.439 e. The quantitative estimate of drug-likeness (QED) is 0.672. The second-order valence-electron chi connectivity index (χ2n) is 7.73. The predicted octanol–water partition coefficient (Wildman–Crippen LogP) is 2.22. The fourth-order valence-electron chi connectivity index (χ4n) is 4.20. The molecule has 4 heterocycles. The molecule has 32 heavy (non-hydrogen) atoms. The molecule has 2 N–H and O–H groups in total. The lowest BCUT2D eigenvalue weighted by atomic mass is 9.74. The standard InChI is InChI=1S/C22H21FN6O3/c1-28-20(30)16-6-10-31-13-22(16,27-21(28)24)17-12-15(3-4-18(17)23)32-19-11-14(5-8-25-19)29-9-2-7-26-29/h2-5,7-9,11-12,16H,6,10,13H2,1H3,(H2,24,27). The lowest BCUT2D eigenvalue weighted by Gasteiger charge is -2.45. The molecular formula is C22H21FN6O3. The molecular weight excluding hydrogens is 415 g/mol. The van der Waals surface area contributed by atoms with Crippen molar-refractivity contribution in [3.63, 3.8) is 0 Å². The molecule has 3 aromatic rings. The second-order valence-corrected chi connectivity index (χ2v) is 7.73. The van der Waals surface area contributed by atoms with Crippen LogP contribution in [0.4, 0.5) is 4.39 Å². The Labute approximate surface area is 183 Å². The highest BCUT2D eigenvalue weighted by atomic mass is 19.1. The number of ether oxygens (including phenoxy) is 2. The molecule has 2 aliphatic heterocycles. The van der Waals surface area contributed by atoms with Gasteiger partial charge in [-0.25, -0.2) is 19.0 Å². The normalized spacial score (nSPS) is 22.9. The van der Waals surface area contributed by atoms with Crippen molar-refractivity contribution in [3.05, 3.63) is 66.4 Å². The number of carbonyl (C=O) groups is 1. The van der Waals surface area contributed by atoms with E-state index in [1.807, 2.05) is 6.07 Å². The van der Waals surface area contributed by atoms with E-state index >= 15 is 4.39 Å². The van der Waals surface area contributed by atoms with Gasteiger partial charge in [0.25, 0.3) is 0 Å². The zero-order valence-corrected chi connectivity index (χ0v) is 17.3. The highest BCUT2D eigenvalue weighted by molar-refractivity contribution is 6.00. The van der Waals surface area contributed by atoms with E-state index in [9.17, 15) is 4.79 Å². The summed E-state index contributed by atoms with van der Waals surface area (Å²) in [6, 6.07) is 9.65. The zero-order valence-electron chi connectivity index (χ0n) is 17.3. The third-order valence-corrected chi connectivity index (χ3v) is 5.85. The van der Waals surface area contributed by atoms with Crippen molar-refractivity contribution in [3.8, 4) is 17.3 Å². The number of hydrogen-bond acceptors (Lipinski definition) is 7. The van der Waals surface area contributed by atoms with E-state index < -0.39 is 17.3 Å². The molecule has 2 unspecified atom stereocenters. The molecule has 0 radical (unpaired) electrons. The van der Waals surface area contributed by atoms with Gasteiger partial charge < -0.3 is 15.2 Å². The molecule has 164 valence electrons. The van der Waals surface area contributed by atoms with Crippen LogP contribution in [0.2, 0.25) is 0 Å². The smallest absolute Gasteiger partial charge is 0.235 e. The van der Waals surface area contributed by atoms with E-state index in [0.717, 1.165) is 5.69 Å². The van der Waals surface area contributed by atoms with Crippen LogP contribution in [0.5, 0.6) is 11.6 Å². The van der Waals surface area contributed by atoms with Crippen molar-refractivity contribution in [1.29, 1.82) is 0 Å². The van der Waals surface area contributed by atoms with Gasteiger partial charge in [0.05, 0.1) is 18.2 Å². The van der Waals surface area contributed by atoms with Crippen molar-refractivity contribution in [2.24, 2.45) is 16.6 Å². The summed E-state index contributed by atoms with van der Waals surface area (Å²) < 4.78 is 28.3. The Morgan fingerprint density at radius 2 is 2.16 bits per heavy atom. The molecule has 1 aromatic carbocycles. The summed E-state index contributed by atoms with van der Waals surface area (Å²) in [4.78, 5) is 23.0. The van der Waals surface area contributed by atoms with E-state index in [1.165, 1.54) is 23.1 Å². The number of nitrogens with zero attached hydrogens (tertiary/aromatic N) is 5. The van der Waals surface area contributed by atoms with Crippen molar-refractivity contribution in [1.82, 2.24) is 19.7 Å². The lowest BCUT2D eigenvalue weighted by Crippen LogP contribution is -2.58. The molecule has 1 fully saturated rings. The van der Waals surface area contributed by atoms with E-state index in [-0.39, 0.29) is 24.0 Å². The number of rotatable bonds is 4. The van der Waals surface area contributed by atoms with Crippen LogP contribution in [0.1, 0.15) is 12.0 Å². The molecule has 0 aliphatic carbocycles. The van der Waals surface area contributed by atoms with Gasteiger partial charge in [0.1, 0.15) is 17.1 Å². The van der Waals surface area contributed by atoms with E-state index in [4.69, 9.17) is 15.2 Å². The number of pyridine rings is 1. The first-order valence-electron chi connectivity index (χ1n) is 10.1. The van der Waals surface area contributed by atoms with Crippen LogP contribution in [0.25, 0.3) is 5.69 Å². The summed E-state index contributed by atoms with van der Waals surface area (Å²) in [6.07, 6.45) is 5.49. The molecule has 9 nitrogen and oxygen atoms in total. The molecule has 2 aliphatic rings. The fraction of sp³-hybridized carbons (Fsp3) is 0.273. The number of nitrogens with two attached hydrogens (primary N) is 1. The molecule has 1 amide bonds. The fourth-order valence-corrected chi connectivity index (χ4v) is 4.20. The number of guanidine groups is 1. The third kappa shape index (κ3) is 3.28. The van der Waals surface area contributed by atoms with Crippen molar-refractivity contribution >= 4 is 11.9 Å². The molecule has 0 saturated carbocycles. The number of aromatic nitrogens is 3. The largest absolute Gasteiger partial charge is 0.439 e. The second kappa shape index (κ2) is 7.72. The van der Waals surface area contributed by atoms with Gasteiger partial charge in [0, 0.05) is 43.9 Å². The van der Waals surface area contributed by atoms with E-state index in [2.05, 4.69) is 15.1 Å². The topological polar surface area (TPSA) is 108 Å². The Kier molecular flexibility index (Phi) is 4.86. The summed E-state index contributed by atoms with van der Waals surface area (Å²) >= 11 is 0. The maximum Gasteiger partial charge on any atom is 0.235 e. The number of halogens is 1. The number of amides is 1. The molecule has 1 saturated heterocycles. The number of carbonyl (C=O) groups excluding carboxylic acids is 1. The minimum absolute atomic E-state index is 0.0241. The van der Waals surface area contributed by atoms with Gasteiger partial charge in [-0.15, -0.1) is 0 Å². The summed E-state index contributed by atoms with van der Waals surface area (Å²) in [5, 5.41) is 4.19. The lowest BCUT2D eigenvalue weighted by molar-refractivity contribution is -0.140. The molecule has 10 heteroatoms. The first kappa shape index (κ1) is 20.1. The summed E-state index contributed by atoms with van der Waals surface area (Å²) in [5.41, 5.74) is 5.72. The molecule has 0 spiro atoms. The van der Waals surface area contributed by atoms with Gasteiger partial charge in [0.15, 0.2) is 5.96 Å². The van der Waals surface area contributed by atoms with Crippen molar-refractivity contribution < 1.29 is 18.7 Å². The molecule has 2 atom stereocenters. The first-order chi connectivity index (χ1) is 15.5. The van der Waals surface area contributed by atoms with Gasteiger partial charge in [-0.3, -0.25) is 9.69 Å². The third-order valence-electron chi connectivity index (χ3n) is 5.85. The molecule has 0 bridgehead atoms. The Hall–Kier alpha value is -3.79. The average Bonchev–Trinajstić information content (AvgIpc) is 3.34. The Balaban J connectivity index is 1.53.